The highest BCUT2D eigenvalue weighted by Crippen LogP contribution is 2.36. The minimum atomic E-state index is 1.09. The Kier molecular flexibility index (Phi) is 2.64. The van der Waals surface area contributed by atoms with Crippen LogP contribution in [0.4, 0.5) is 5.69 Å². The van der Waals surface area contributed by atoms with Crippen LogP contribution < -0.4 is 5.32 Å². The standard InChI is InChI=1S/C18H12BrN/c19-15-8-2-6-13(10-15)17-11-14-7-1-4-12-5-3-9-16(20-17)18(12)14/h1-11,20H. The molecule has 1 aliphatic rings. The summed E-state index contributed by atoms with van der Waals surface area (Å²) in [6.45, 7) is 0. The Morgan fingerprint density at radius 3 is 2.50 bits per heavy atom. The normalized spacial score (nSPS) is 12.9. The lowest BCUT2D eigenvalue weighted by molar-refractivity contribution is 1.52. The Labute approximate surface area is 126 Å². The lowest BCUT2D eigenvalue weighted by atomic mass is 9.97. The molecule has 0 saturated carbocycles. The highest BCUT2D eigenvalue weighted by atomic mass is 79.9. The van der Waals surface area contributed by atoms with Gasteiger partial charge in [-0.2, -0.15) is 0 Å². The molecule has 96 valence electrons. The van der Waals surface area contributed by atoms with Crippen LogP contribution >= 0.6 is 15.9 Å². The number of nitrogens with one attached hydrogen (secondary N) is 1. The molecule has 0 aromatic heterocycles. The third kappa shape index (κ3) is 1.84. The van der Waals surface area contributed by atoms with Crippen molar-refractivity contribution in [1.29, 1.82) is 0 Å². The molecule has 3 aromatic carbocycles. The lowest BCUT2D eigenvalue weighted by Crippen LogP contribution is -2.04. The second-order valence-electron chi connectivity index (χ2n) is 4.94. The first-order valence-corrected chi connectivity index (χ1v) is 7.37. The van der Waals surface area contributed by atoms with E-state index in [1.807, 2.05) is 6.07 Å². The van der Waals surface area contributed by atoms with Gasteiger partial charge in [0, 0.05) is 21.2 Å². The van der Waals surface area contributed by atoms with E-state index in [0.717, 1.165) is 10.2 Å². The molecular weight excluding hydrogens is 310 g/mol. The van der Waals surface area contributed by atoms with E-state index in [1.165, 1.54) is 27.6 Å². The zero-order valence-electron chi connectivity index (χ0n) is 10.7. The summed E-state index contributed by atoms with van der Waals surface area (Å²) < 4.78 is 1.09. The van der Waals surface area contributed by atoms with Gasteiger partial charge in [0.05, 0.1) is 0 Å². The predicted octanol–water partition coefficient (Wildman–Crippen LogP) is 5.53. The van der Waals surface area contributed by atoms with Crippen molar-refractivity contribution in [2.45, 2.75) is 0 Å². The van der Waals surface area contributed by atoms with Gasteiger partial charge in [0.2, 0.25) is 0 Å². The molecule has 4 rings (SSSR count). The van der Waals surface area contributed by atoms with Crippen LogP contribution in [0.3, 0.4) is 0 Å². The zero-order chi connectivity index (χ0) is 13.5. The lowest BCUT2D eigenvalue weighted by Gasteiger charge is -2.20. The minimum absolute atomic E-state index is 1.09. The first-order valence-electron chi connectivity index (χ1n) is 6.58. The molecule has 1 nitrogen and oxygen atoms in total. The molecule has 1 N–H and O–H groups in total. The van der Waals surface area contributed by atoms with E-state index in [1.54, 1.807) is 0 Å². The molecular formula is C18H12BrN. The number of benzene rings is 3. The van der Waals surface area contributed by atoms with Gasteiger partial charge in [-0.25, -0.2) is 0 Å². The number of hydrogen-bond acceptors (Lipinski definition) is 1. The van der Waals surface area contributed by atoms with Crippen molar-refractivity contribution in [2.75, 3.05) is 5.32 Å². The van der Waals surface area contributed by atoms with Gasteiger partial charge in [-0.3, -0.25) is 0 Å². The summed E-state index contributed by atoms with van der Waals surface area (Å²) in [5.41, 5.74) is 4.77. The van der Waals surface area contributed by atoms with E-state index in [4.69, 9.17) is 0 Å². The van der Waals surface area contributed by atoms with Crippen LogP contribution in [0.1, 0.15) is 11.1 Å². The summed E-state index contributed by atoms with van der Waals surface area (Å²) in [6, 6.07) is 21.2. The fourth-order valence-corrected chi connectivity index (χ4v) is 3.14. The van der Waals surface area contributed by atoms with Crippen LogP contribution in [-0.2, 0) is 0 Å². The Morgan fingerprint density at radius 1 is 0.850 bits per heavy atom. The molecule has 0 saturated heterocycles. The first-order chi connectivity index (χ1) is 9.81. The first kappa shape index (κ1) is 11.7. The van der Waals surface area contributed by atoms with E-state index in [-0.39, 0.29) is 0 Å². The maximum atomic E-state index is 3.55. The number of rotatable bonds is 1. The van der Waals surface area contributed by atoms with Crippen LogP contribution in [0.15, 0.2) is 65.1 Å². The van der Waals surface area contributed by atoms with E-state index in [9.17, 15) is 0 Å². The summed E-state index contributed by atoms with van der Waals surface area (Å²) in [5, 5.41) is 6.12. The predicted molar refractivity (Wildman–Crippen MR) is 89.6 cm³/mol. The molecule has 1 heterocycles. The van der Waals surface area contributed by atoms with Gasteiger partial charge in [-0.1, -0.05) is 58.4 Å². The largest absolute Gasteiger partial charge is 0.354 e. The number of hydrogen-bond donors (Lipinski definition) is 1. The smallest absolute Gasteiger partial charge is 0.0470 e. The minimum Gasteiger partial charge on any atom is -0.354 e. The van der Waals surface area contributed by atoms with E-state index in [0.29, 0.717) is 0 Å². The van der Waals surface area contributed by atoms with Crippen LogP contribution in [-0.4, -0.2) is 0 Å². The summed E-state index contributed by atoms with van der Waals surface area (Å²) in [7, 11) is 0. The molecule has 2 heteroatoms. The van der Waals surface area contributed by atoms with Crippen molar-refractivity contribution in [2.24, 2.45) is 0 Å². The summed E-state index contributed by atoms with van der Waals surface area (Å²) in [6.07, 6.45) is 2.22. The summed E-state index contributed by atoms with van der Waals surface area (Å²) in [4.78, 5) is 0. The van der Waals surface area contributed by atoms with Crippen molar-refractivity contribution in [3.05, 3.63) is 76.3 Å². The van der Waals surface area contributed by atoms with Crippen LogP contribution in [0, 0.1) is 0 Å². The quantitative estimate of drug-likeness (QED) is 0.621. The average Bonchev–Trinajstić information content (AvgIpc) is 2.48. The second-order valence-corrected chi connectivity index (χ2v) is 5.86. The SMILES string of the molecule is Brc1cccc(C2=Cc3cccc4cccc(c34)N2)c1. The van der Waals surface area contributed by atoms with Gasteiger partial charge in [0.25, 0.3) is 0 Å². The van der Waals surface area contributed by atoms with Crippen molar-refractivity contribution < 1.29 is 0 Å². The van der Waals surface area contributed by atoms with Crippen LogP contribution in [0.25, 0.3) is 22.5 Å². The Balaban J connectivity index is 1.94. The summed E-state index contributed by atoms with van der Waals surface area (Å²) in [5.74, 6) is 0. The van der Waals surface area contributed by atoms with Gasteiger partial charge in [-0.05, 0) is 40.8 Å². The van der Waals surface area contributed by atoms with Crippen molar-refractivity contribution in [3.8, 4) is 0 Å². The van der Waals surface area contributed by atoms with Crippen LogP contribution in [0.2, 0.25) is 0 Å². The van der Waals surface area contributed by atoms with Crippen molar-refractivity contribution in [3.63, 3.8) is 0 Å². The van der Waals surface area contributed by atoms with Gasteiger partial charge < -0.3 is 5.32 Å². The van der Waals surface area contributed by atoms with E-state index >= 15 is 0 Å². The molecule has 20 heavy (non-hydrogen) atoms. The fourth-order valence-electron chi connectivity index (χ4n) is 2.74. The second kappa shape index (κ2) is 4.50. The molecule has 0 unspecified atom stereocenters. The summed E-state index contributed by atoms with van der Waals surface area (Å²) >= 11 is 3.53. The molecule has 0 atom stereocenters. The monoisotopic (exact) mass is 321 g/mol. The highest BCUT2D eigenvalue weighted by Gasteiger charge is 2.13. The van der Waals surface area contributed by atoms with E-state index < -0.39 is 0 Å². The van der Waals surface area contributed by atoms with Crippen LogP contribution in [0.5, 0.6) is 0 Å². The van der Waals surface area contributed by atoms with Gasteiger partial charge in [-0.15, -0.1) is 0 Å². The molecule has 0 radical (unpaired) electrons. The fraction of sp³-hybridized carbons (Fsp3) is 0. The van der Waals surface area contributed by atoms with Gasteiger partial charge in [0.15, 0.2) is 0 Å². The van der Waals surface area contributed by atoms with Crippen molar-refractivity contribution >= 4 is 44.2 Å². The van der Waals surface area contributed by atoms with Crippen molar-refractivity contribution in [1.82, 2.24) is 0 Å². The number of anilines is 1. The Bertz CT molecular complexity index is 844. The van der Waals surface area contributed by atoms with Gasteiger partial charge >= 0.3 is 0 Å². The molecule has 0 fully saturated rings. The zero-order valence-corrected chi connectivity index (χ0v) is 12.3. The Morgan fingerprint density at radius 2 is 1.65 bits per heavy atom. The molecule has 0 amide bonds. The number of halogens is 1. The van der Waals surface area contributed by atoms with E-state index in [2.05, 4.69) is 81.9 Å². The maximum Gasteiger partial charge on any atom is 0.0470 e. The third-order valence-corrected chi connectivity index (χ3v) is 4.13. The van der Waals surface area contributed by atoms with Gasteiger partial charge in [0.1, 0.15) is 0 Å². The highest BCUT2D eigenvalue weighted by molar-refractivity contribution is 9.10. The molecule has 1 aliphatic heterocycles. The maximum absolute atomic E-state index is 3.55. The molecule has 0 spiro atoms. The molecule has 3 aromatic rings. The average molecular weight is 322 g/mol. The topological polar surface area (TPSA) is 12.0 Å². The molecule has 0 aliphatic carbocycles. The Hall–Kier alpha value is -2.06. The molecule has 0 bridgehead atoms. The third-order valence-electron chi connectivity index (χ3n) is 3.64.